The fourth-order valence-electron chi connectivity index (χ4n) is 2.92. The van der Waals surface area contributed by atoms with Crippen LogP contribution in [0, 0.1) is 5.92 Å². The highest BCUT2D eigenvalue weighted by molar-refractivity contribution is 7.10. The van der Waals surface area contributed by atoms with Crippen LogP contribution < -0.4 is 5.32 Å². The molecule has 1 unspecified atom stereocenters. The third kappa shape index (κ3) is 2.45. The lowest BCUT2D eigenvalue weighted by Gasteiger charge is -2.23. The Morgan fingerprint density at radius 3 is 3.11 bits per heavy atom. The first kappa shape index (κ1) is 12.2. The van der Waals surface area contributed by atoms with Crippen LogP contribution in [0.3, 0.4) is 0 Å². The van der Waals surface area contributed by atoms with E-state index in [0.717, 1.165) is 18.5 Å². The molecule has 3 nitrogen and oxygen atoms in total. The maximum Gasteiger partial charge on any atom is 0.327 e. The summed E-state index contributed by atoms with van der Waals surface area (Å²) >= 11 is 1.74. The van der Waals surface area contributed by atoms with E-state index in [1.807, 2.05) is 6.07 Å². The molecule has 0 saturated heterocycles. The second-order valence-electron chi connectivity index (χ2n) is 5.22. The second kappa shape index (κ2) is 5.41. The Morgan fingerprint density at radius 1 is 1.44 bits per heavy atom. The van der Waals surface area contributed by atoms with Gasteiger partial charge in [0.1, 0.15) is 6.04 Å². The molecule has 2 aliphatic rings. The van der Waals surface area contributed by atoms with Gasteiger partial charge in [-0.05, 0) is 42.2 Å². The lowest BCUT2D eigenvalue weighted by Crippen LogP contribution is -2.35. The topological polar surface area (TPSA) is 38.3 Å². The van der Waals surface area contributed by atoms with Gasteiger partial charge in [-0.25, -0.2) is 4.79 Å². The molecule has 1 saturated carbocycles. The molecule has 1 aliphatic heterocycles. The highest BCUT2D eigenvalue weighted by Crippen LogP contribution is 2.29. The monoisotopic (exact) mass is 265 g/mol. The zero-order valence-electron chi connectivity index (χ0n) is 10.5. The van der Waals surface area contributed by atoms with Crippen molar-refractivity contribution in [3.8, 4) is 0 Å². The zero-order valence-corrected chi connectivity index (χ0v) is 11.3. The first-order chi connectivity index (χ1) is 8.84. The number of hydrogen-bond donors (Lipinski definition) is 1. The summed E-state index contributed by atoms with van der Waals surface area (Å²) in [6, 6.07) is 1.81. The number of carbonyl (C=O) groups is 1. The molecule has 3 rings (SSSR count). The number of hydrogen-bond acceptors (Lipinski definition) is 4. The average Bonchev–Trinajstić information content (AvgIpc) is 3.05. The van der Waals surface area contributed by atoms with E-state index in [-0.39, 0.29) is 12.0 Å². The van der Waals surface area contributed by atoms with E-state index in [9.17, 15) is 4.79 Å². The Hall–Kier alpha value is -0.870. The van der Waals surface area contributed by atoms with Gasteiger partial charge in [-0.2, -0.15) is 0 Å². The molecule has 1 aliphatic carbocycles. The van der Waals surface area contributed by atoms with E-state index < -0.39 is 0 Å². The van der Waals surface area contributed by atoms with Crippen molar-refractivity contribution in [3.63, 3.8) is 0 Å². The molecule has 4 heteroatoms. The molecule has 18 heavy (non-hydrogen) atoms. The highest BCUT2D eigenvalue weighted by atomic mass is 32.1. The van der Waals surface area contributed by atoms with Gasteiger partial charge in [-0.3, -0.25) is 0 Å². The minimum Gasteiger partial charge on any atom is -0.464 e. The number of carbonyl (C=O) groups excluding carboxylic acids is 1. The molecule has 1 aromatic rings. The summed E-state index contributed by atoms with van der Waals surface area (Å²) in [4.78, 5) is 13.5. The predicted molar refractivity (Wildman–Crippen MR) is 71.7 cm³/mol. The third-order valence-electron chi connectivity index (χ3n) is 3.96. The predicted octanol–water partition coefficient (Wildman–Crippen LogP) is 2.67. The van der Waals surface area contributed by atoms with Gasteiger partial charge in [0, 0.05) is 11.4 Å². The van der Waals surface area contributed by atoms with Crippen molar-refractivity contribution in [1.82, 2.24) is 5.32 Å². The standard InChI is InChI=1S/C14H19NO2S/c16-14(17-9-10-3-1-2-4-10)13-11-6-8-18-12(11)5-7-15-13/h6,8,10,13,15H,1-5,7,9H2. The normalized spacial score (nSPS) is 23.9. The lowest BCUT2D eigenvalue weighted by atomic mass is 10.0. The SMILES string of the molecule is O=C(OCC1CCCC1)C1NCCc2sccc21. The molecule has 0 amide bonds. The highest BCUT2D eigenvalue weighted by Gasteiger charge is 2.29. The smallest absolute Gasteiger partial charge is 0.327 e. The quantitative estimate of drug-likeness (QED) is 0.854. The fraction of sp³-hybridized carbons (Fsp3) is 0.643. The van der Waals surface area contributed by atoms with E-state index in [2.05, 4.69) is 10.7 Å². The number of fused-ring (bicyclic) bond motifs is 1. The van der Waals surface area contributed by atoms with Crippen LogP contribution >= 0.6 is 11.3 Å². The first-order valence-electron chi connectivity index (χ1n) is 6.81. The number of ether oxygens (including phenoxy) is 1. The van der Waals surface area contributed by atoms with Crippen LogP contribution in [0.1, 0.15) is 42.2 Å². The molecule has 1 fully saturated rings. The van der Waals surface area contributed by atoms with Gasteiger partial charge in [0.15, 0.2) is 0 Å². The summed E-state index contributed by atoms with van der Waals surface area (Å²) < 4.78 is 5.49. The van der Waals surface area contributed by atoms with Crippen LogP contribution in [-0.2, 0) is 16.0 Å². The molecule has 2 heterocycles. The lowest BCUT2D eigenvalue weighted by molar-refractivity contribution is -0.147. The van der Waals surface area contributed by atoms with Crippen molar-refractivity contribution in [3.05, 3.63) is 21.9 Å². The van der Waals surface area contributed by atoms with Gasteiger partial charge >= 0.3 is 5.97 Å². The van der Waals surface area contributed by atoms with Crippen molar-refractivity contribution < 1.29 is 9.53 Å². The summed E-state index contributed by atoms with van der Waals surface area (Å²) in [5.74, 6) is 0.501. The molecule has 0 bridgehead atoms. The number of thiophene rings is 1. The van der Waals surface area contributed by atoms with Crippen LogP contribution in [0.25, 0.3) is 0 Å². The number of nitrogens with one attached hydrogen (secondary N) is 1. The molecule has 98 valence electrons. The van der Waals surface area contributed by atoms with Gasteiger partial charge in [0.25, 0.3) is 0 Å². The summed E-state index contributed by atoms with van der Waals surface area (Å²) in [6.07, 6.45) is 6.04. The summed E-state index contributed by atoms with van der Waals surface area (Å²) in [5, 5.41) is 5.33. The molecule has 0 radical (unpaired) electrons. The molecule has 1 aromatic heterocycles. The second-order valence-corrected chi connectivity index (χ2v) is 6.22. The Kier molecular flexibility index (Phi) is 3.66. The molecule has 1 atom stereocenters. The maximum atomic E-state index is 12.1. The molecule has 0 aromatic carbocycles. The van der Waals surface area contributed by atoms with Crippen LogP contribution in [-0.4, -0.2) is 19.1 Å². The first-order valence-corrected chi connectivity index (χ1v) is 7.69. The van der Waals surface area contributed by atoms with Crippen molar-refractivity contribution in [2.45, 2.75) is 38.1 Å². The Morgan fingerprint density at radius 2 is 2.28 bits per heavy atom. The van der Waals surface area contributed by atoms with E-state index in [1.165, 1.54) is 30.6 Å². The zero-order chi connectivity index (χ0) is 12.4. The molecule has 0 spiro atoms. The van der Waals surface area contributed by atoms with Crippen molar-refractivity contribution in [2.75, 3.05) is 13.2 Å². The van der Waals surface area contributed by atoms with E-state index in [1.54, 1.807) is 11.3 Å². The van der Waals surface area contributed by atoms with Crippen molar-refractivity contribution in [2.24, 2.45) is 5.92 Å². The Labute approximate surface area is 112 Å². The Balaban J connectivity index is 1.60. The van der Waals surface area contributed by atoms with Crippen molar-refractivity contribution >= 4 is 17.3 Å². The third-order valence-corrected chi connectivity index (χ3v) is 4.96. The minimum atomic E-state index is -0.235. The average molecular weight is 265 g/mol. The fourth-order valence-corrected chi connectivity index (χ4v) is 3.84. The molecular weight excluding hydrogens is 246 g/mol. The van der Waals surface area contributed by atoms with Gasteiger partial charge < -0.3 is 10.1 Å². The van der Waals surface area contributed by atoms with Gasteiger partial charge in [-0.15, -0.1) is 11.3 Å². The number of rotatable bonds is 3. The van der Waals surface area contributed by atoms with E-state index in [4.69, 9.17) is 4.74 Å². The largest absolute Gasteiger partial charge is 0.464 e. The van der Waals surface area contributed by atoms with Crippen LogP contribution in [0.4, 0.5) is 0 Å². The maximum absolute atomic E-state index is 12.1. The summed E-state index contributed by atoms with van der Waals surface area (Å²) in [7, 11) is 0. The van der Waals surface area contributed by atoms with Gasteiger partial charge in [0.05, 0.1) is 6.61 Å². The molecule has 1 N–H and O–H groups in total. The van der Waals surface area contributed by atoms with Crippen LogP contribution in [0.5, 0.6) is 0 Å². The van der Waals surface area contributed by atoms with E-state index >= 15 is 0 Å². The summed E-state index contributed by atoms with van der Waals surface area (Å²) in [6.45, 7) is 1.48. The molecular formula is C14H19NO2S. The minimum absolute atomic E-state index is 0.0961. The van der Waals surface area contributed by atoms with Crippen LogP contribution in [0.2, 0.25) is 0 Å². The van der Waals surface area contributed by atoms with Gasteiger partial charge in [0.2, 0.25) is 0 Å². The van der Waals surface area contributed by atoms with Crippen molar-refractivity contribution in [1.29, 1.82) is 0 Å². The number of esters is 1. The Bertz CT molecular complexity index is 423. The van der Waals surface area contributed by atoms with E-state index in [0.29, 0.717) is 12.5 Å². The van der Waals surface area contributed by atoms with Gasteiger partial charge in [-0.1, -0.05) is 12.8 Å². The summed E-state index contributed by atoms with van der Waals surface area (Å²) in [5.41, 5.74) is 1.13. The van der Waals surface area contributed by atoms with Crippen LogP contribution in [0.15, 0.2) is 11.4 Å².